The van der Waals surface area contributed by atoms with Crippen molar-refractivity contribution in [3.63, 3.8) is 0 Å². The molecule has 0 saturated heterocycles. The molecule has 0 N–H and O–H groups in total. The summed E-state index contributed by atoms with van der Waals surface area (Å²) >= 11 is 7.55. The van der Waals surface area contributed by atoms with Gasteiger partial charge in [0.15, 0.2) is 0 Å². The van der Waals surface area contributed by atoms with Crippen LogP contribution in [0.25, 0.3) is 25.0 Å². The molecule has 0 fully saturated rings. The monoisotopic (exact) mass is 362 g/mol. The Bertz CT molecular complexity index is 994. The fourth-order valence-corrected chi connectivity index (χ4v) is 6.19. The minimum absolute atomic E-state index is 0.204. The quantitative estimate of drug-likeness (QED) is 0.371. The zero-order chi connectivity index (χ0) is 13.7. The van der Waals surface area contributed by atoms with Crippen LogP contribution in [0.1, 0.15) is 5.56 Å². The summed E-state index contributed by atoms with van der Waals surface area (Å²) in [5.74, 6) is 0. The summed E-state index contributed by atoms with van der Waals surface area (Å²) in [6.45, 7) is 2.11. The molecule has 0 radical (unpaired) electrons. The minimum atomic E-state index is 0.204. The summed E-state index contributed by atoms with van der Waals surface area (Å²) < 4.78 is 5.70. The van der Waals surface area contributed by atoms with E-state index in [9.17, 15) is 0 Å². The van der Waals surface area contributed by atoms with Gasteiger partial charge in [-0.2, -0.15) is 0 Å². The number of rotatable bonds is 1. The van der Waals surface area contributed by atoms with E-state index in [1.807, 2.05) is 6.07 Å². The third kappa shape index (κ3) is 1.82. The molecule has 4 aromatic rings. The number of aromatic nitrogens is 2. The molecule has 0 spiro atoms. The van der Waals surface area contributed by atoms with Crippen molar-refractivity contribution in [3.8, 4) is 5.13 Å². The average molecular weight is 361 g/mol. The van der Waals surface area contributed by atoms with Crippen molar-refractivity contribution in [1.29, 1.82) is 0 Å². The Labute approximate surface area is 131 Å². The summed E-state index contributed by atoms with van der Waals surface area (Å²) in [4.78, 5) is 4.80. The molecule has 2 aromatic heterocycles. The summed E-state index contributed by atoms with van der Waals surface area (Å²) in [5, 5.41) is 2.22. The predicted molar refractivity (Wildman–Crippen MR) is 89.0 cm³/mol. The molecule has 0 bridgehead atoms. The molecule has 0 aliphatic heterocycles. The van der Waals surface area contributed by atoms with Crippen LogP contribution in [0.3, 0.4) is 0 Å². The first-order valence-electron chi connectivity index (χ1n) is 6.21. The van der Waals surface area contributed by atoms with Gasteiger partial charge in [-0.25, -0.2) is 0 Å². The Kier molecular flexibility index (Phi) is 2.89. The van der Waals surface area contributed by atoms with E-state index in [4.69, 9.17) is 17.2 Å². The third-order valence-electron chi connectivity index (χ3n) is 3.27. The maximum absolute atomic E-state index is 5.62. The normalized spacial score (nSPS) is 11.4. The van der Waals surface area contributed by atoms with Gasteiger partial charge in [-0.15, -0.1) is 0 Å². The van der Waals surface area contributed by atoms with Gasteiger partial charge in [0, 0.05) is 0 Å². The Morgan fingerprint density at radius 2 is 2.00 bits per heavy atom. The van der Waals surface area contributed by atoms with Crippen molar-refractivity contribution in [2.45, 2.75) is 6.92 Å². The fraction of sp³-hybridized carbons (Fsp3) is 0.0667. The molecular formula is C15H10N2S2Se. The molecule has 2 nitrogen and oxygen atoms in total. The van der Waals surface area contributed by atoms with E-state index in [0.29, 0.717) is 0 Å². The number of nitrogens with zero attached hydrogens (tertiary/aromatic N) is 2. The number of para-hydroxylation sites is 1. The van der Waals surface area contributed by atoms with Crippen molar-refractivity contribution in [3.05, 3.63) is 52.7 Å². The Balaban J connectivity index is 2.04. The first-order chi connectivity index (χ1) is 9.74. The zero-order valence-electron chi connectivity index (χ0n) is 10.7. The van der Waals surface area contributed by atoms with Crippen LogP contribution in [0.2, 0.25) is 0 Å². The van der Waals surface area contributed by atoms with Gasteiger partial charge < -0.3 is 0 Å². The van der Waals surface area contributed by atoms with Crippen molar-refractivity contribution < 1.29 is 0 Å². The van der Waals surface area contributed by atoms with Gasteiger partial charge in [0.05, 0.1) is 0 Å². The Morgan fingerprint density at radius 1 is 1.15 bits per heavy atom. The van der Waals surface area contributed by atoms with Gasteiger partial charge in [-0.1, -0.05) is 0 Å². The number of hydrogen-bond acceptors (Lipinski definition) is 3. The van der Waals surface area contributed by atoms with Crippen molar-refractivity contribution in [1.82, 2.24) is 8.55 Å². The van der Waals surface area contributed by atoms with Crippen LogP contribution in [-0.4, -0.2) is 23.3 Å². The van der Waals surface area contributed by atoms with Gasteiger partial charge in [0.2, 0.25) is 0 Å². The third-order valence-corrected chi connectivity index (χ3v) is 7.49. The van der Waals surface area contributed by atoms with Crippen LogP contribution in [0.15, 0.2) is 42.5 Å². The Morgan fingerprint density at radius 3 is 2.80 bits per heavy atom. The standard InChI is InChI=1S/C15H10N2S2Se/c1-9-5-4-7-11-13(9)16-15(19-11)17-14(18)10-6-2-3-8-12(10)20-17/h2-8H,1H3. The second-order valence-electron chi connectivity index (χ2n) is 4.61. The van der Waals surface area contributed by atoms with E-state index in [2.05, 4.69) is 46.9 Å². The molecule has 0 aliphatic rings. The van der Waals surface area contributed by atoms with E-state index < -0.39 is 0 Å². The SMILES string of the molecule is Cc1cccc2sc(-n3[se]c4ccccc4c3=S)nc12. The molecular weight excluding hydrogens is 351 g/mol. The topological polar surface area (TPSA) is 17.8 Å². The molecule has 5 heteroatoms. The molecule has 20 heavy (non-hydrogen) atoms. The van der Waals surface area contributed by atoms with Gasteiger partial charge in [-0.3, -0.25) is 0 Å². The van der Waals surface area contributed by atoms with Crippen LogP contribution in [-0.2, 0) is 0 Å². The van der Waals surface area contributed by atoms with Crippen molar-refractivity contribution in [2.24, 2.45) is 0 Å². The van der Waals surface area contributed by atoms with Crippen LogP contribution in [0.5, 0.6) is 0 Å². The van der Waals surface area contributed by atoms with Crippen LogP contribution < -0.4 is 0 Å². The number of thiazole rings is 1. The number of fused-ring (bicyclic) bond motifs is 2. The molecule has 0 saturated carbocycles. The first-order valence-corrected chi connectivity index (χ1v) is 9.06. The van der Waals surface area contributed by atoms with Crippen molar-refractivity contribution in [2.75, 3.05) is 0 Å². The van der Waals surface area contributed by atoms with E-state index in [1.54, 1.807) is 11.3 Å². The van der Waals surface area contributed by atoms with Crippen LogP contribution >= 0.6 is 23.6 Å². The zero-order valence-corrected chi connectivity index (χ0v) is 14.0. The van der Waals surface area contributed by atoms with E-state index in [1.165, 1.54) is 19.9 Å². The van der Waals surface area contributed by atoms with Gasteiger partial charge >= 0.3 is 131 Å². The number of aryl methyl sites for hydroxylation is 1. The van der Waals surface area contributed by atoms with E-state index in [-0.39, 0.29) is 14.7 Å². The summed E-state index contributed by atoms with van der Waals surface area (Å²) in [6.07, 6.45) is 0. The molecule has 0 aliphatic carbocycles. The number of hydrogen-bond donors (Lipinski definition) is 0. The Hall–Kier alpha value is -1.26. The van der Waals surface area contributed by atoms with Gasteiger partial charge in [-0.05, 0) is 0 Å². The fourth-order valence-electron chi connectivity index (χ4n) is 2.26. The molecule has 4 rings (SSSR count). The second-order valence-corrected chi connectivity index (χ2v) is 8.07. The van der Waals surface area contributed by atoms with Gasteiger partial charge in [0.25, 0.3) is 0 Å². The molecule has 0 unspecified atom stereocenters. The molecule has 0 amide bonds. The number of benzene rings is 2. The van der Waals surface area contributed by atoms with Crippen molar-refractivity contribution >= 4 is 58.2 Å². The first kappa shape index (κ1) is 12.5. The van der Waals surface area contributed by atoms with Crippen LogP contribution in [0, 0.1) is 11.6 Å². The van der Waals surface area contributed by atoms with Crippen LogP contribution in [0.4, 0.5) is 0 Å². The summed E-state index contributed by atoms with van der Waals surface area (Å²) in [5.41, 5.74) is 2.32. The average Bonchev–Trinajstić information content (AvgIpc) is 3.02. The molecule has 2 heterocycles. The molecule has 98 valence electrons. The summed E-state index contributed by atoms with van der Waals surface area (Å²) in [6, 6.07) is 14.7. The predicted octanol–water partition coefficient (Wildman–Crippen LogP) is 4.34. The summed E-state index contributed by atoms with van der Waals surface area (Å²) in [7, 11) is 0. The molecule has 2 aromatic carbocycles. The van der Waals surface area contributed by atoms with Gasteiger partial charge in [0.1, 0.15) is 0 Å². The van der Waals surface area contributed by atoms with E-state index >= 15 is 0 Å². The second kappa shape index (κ2) is 4.64. The maximum atomic E-state index is 5.62. The molecule has 0 atom stereocenters. The van der Waals surface area contributed by atoms with E-state index in [0.717, 1.165) is 15.3 Å².